The van der Waals surface area contributed by atoms with E-state index in [1.807, 2.05) is 29.6 Å². The van der Waals surface area contributed by atoms with Crippen molar-refractivity contribution in [1.29, 1.82) is 0 Å². The normalized spacial score (nSPS) is 11.2. The molecule has 1 aromatic carbocycles. The molecule has 0 unspecified atom stereocenters. The first-order valence-corrected chi connectivity index (χ1v) is 10.6. The van der Waals surface area contributed by atoms with Gasteiger partial charge in [0.1, 0.15) is 0 Å². The minimum Gasteiger partial charge on any atom is -0.352 e. The molecule has 0 bridgehead atoms. The first-order chi connectivity index (χ1) is 12.5. The minimum atomic E-state index is -3.44. The lowest BCUT2D eigenvalue weighted by Gasteiger charge is -2.07. The van der Waals surface area contributed by atoms with Crippen molar-refractivity contribution in [3.05, 3.63) is 71.7 Å². The Morgan fingerprint density at radius 3 is 2.62 bits per heavy atom. The lowest BCUT2D eigenvalue weighted by Crippen LogP contribution is -2.25. The summed E-state index contributed by atoms with van der Waals surface area (Å²) in [4.78, 5) is 17.6. The van der Waals surface area contributed by atoms with Crippen LogP contribution in [0.4, 0.5) is 0 Å². The number of nitrogens with zero attached hydrogens (tertiary/aromatic N) is 1. The summed E-state index contributed by atoms with van der Waals surface area (Å²) in [6.45, 7) is 0.338. The van der Waals surface area contributed by atoms with E-state index < -0.39 is 9.84 Å². The molecule has 1 N–H and O–H groups in total. The number of carbonyl (C=O) groups is 1. The Kier molecular flexibility index (Phi) is 5.80. The minimum absolute atomic E-state index is 0.0694. The zero-order valence-electron chi connectivity index (χ0n) is 14.0. The van der Waals surface area contributed by atoms with E-state index in [4.69, 9.17) is 0 Å². The van der Waals surface area contributed by atoms with Crippen LogP contribution in [-0.2, 0) is 21.2 Å². The van der Waals surface area contributed by atoms with Gasteiger partial charge in [0.05, 0.1) is 21.2 Å². The van der Waals surface area contributed by atoms with Crippen molar-refractivity contribution in [3.8, 4) is 10.6 Å². The highest BCUT2D eigenvalue weighted by Gasteiger charge is 2.16. The molecule has 26 heavy (non-hydrogen) atoms. The summed E-state index contributed by atoms with van der Waals surface area (Å²) in [6, 6.07) is 15.9. The van der Waals surface area contributed by atoms with Crippen molar-refractivity contribution >= 4 is 27.1 Å². The van der Waals surface area contributed by atoms with Gasteiger partial charge >= 0.3 is 0 Å². The van der Waals surface area contributed by atoms with Gasteiger partial charge in [-0.15, -0.1) is 11.3 Å². The van der Waals surface area contributed by atoms with Gasteiger partial charge in [0.15, 0.2) is 9.84 Å². The van der Waals surface area contributed by atoms with Crippen LogP contribution in [0.25, 0.3) is 10.6 Å². The number of rotatable bonds is 7. The SMILES string of the molecule is O=C(CCS(=O)(=O)c1ccccc1)NCc1ccnc(-c2cccs2)c1. The highest BCUT2D eigenvalue weighted by Crippen LogP contribution is 2.23. The van der Waals surface area contributed by atoms with E-state index in [0.29, 0.717) is 6.54 Å². The quantitative estimate of drug-likeness (QED) is 0.676. The third-order valence-electron chi connectivity index (χ3n) is 3.79. The molecule has 0 radical (unpaired) electrons. The Hall–Kier alpha value is -2.51. The van der Waals surface area contributed by atoms with Gasteiger partial charge in [-0.2, -0.15) is 0 Å². The molecule has 2 heterocycles. The van der Waals surface area contributed by atoms with Gasteiger partial charge in [0.2, 0.25) is 5.91 Å². The number of carbonyl (C=O) groups excluding carboxylic acids is 1. The van der Waals surface area contributed by atoms with E-state index in [1.54, 1.807) is 35.7 Å². The number of hydrogen-bond donors (Lipinski definition) is 1. The highest BCUT2D eigenvalue weighted by atomic mass is 32.2. The lowest BCUT2D eigenvalue weighted by molar-refractivity contribution is -0.120. The van der Waals surface area contributed by atoms with Crippen LogP contribution in [0.15, 0.2) is 71.1 Å². The van der Waals surface area contributed by atoms with E-state index in [9.17, 15) is 13.2 Å². The predicted molar refractivity (Wildman–Crippen MR) is 103 cm³/mol. The average Bonchev–Trinajstić information content (AvgIpc) is 3.21. The van der Waals surface area contributed by atoms with E-state index in [1.165, 1.54) is 12.1 Å². The van der Waals surface area contributed by atoms with Crippen molar-refractivity contribution < 1.29 is 13.2 Å². The maximum absolute atomic E-state index is 12.2. The summed E-state index contributed by atoms with van der Waals surface area (Å²) in [5.74, 6) is -0.501. The van der Waals surface area contributed by atoms with E-state index in [0.717, 1.165) is 16.1 Å². The Bertz CT molecular complexity index is 969. The maximum atomic E-state index is 12.2. The topological polar surface area (TPSA) is 76.1 Å². The number of benzene rings is 1. The summed E-state index contributed by atoms with van der Waals surface area (Å²) < 4.78 is 24.4. The fourth-order valence-corrected chi connectivity index (χ4v) is 4.36. The second kappa shape index (κ2) is 8.25. The van der Waals surface area contributed by atoms with Crippen LogP contribution in [0.2, 0.25) is 0 Å². The second-order valence-corrected chi connectivity index (χ2v) is 8.74. The van der Waals surface area contributed by atoms with Crippen molar-refractivity contribution in [3.63, 3.8) is 0 Å². The van der Waals surface area contributed by atoms with Crippen LogP contribution in [0.1, 0.15) is 12.0 Å². The number of amides is 1. The van der Waals surface area contributed by atoms with Gasteiger partial charge in [0.25, 0.3) is 0 Å². The van der Waals surface area contributed by atoms with Crippen molar-refractivity contribution in [1.82, 2.24) is 10.3 Å². The molecule has 0 spiro atoms. The molecule has 3 aromatic rings. The first-order valence-electron chi connectivity index (χ1n) is 8.08. The molecule has 0 atom stereocenters. The summed E-state index contributed by atoms with van der Waals surface area (Å²) in [5.41, 5.74) is 1.78. The molecule has 0 saturated heterocycles. The van der Waals surface area contributed by atoms with Gasteiger partial charge in [-0.3, -0.25) is 9.78 Å². The average molecular weight is 386 g/mol. The number of thiophene rings is 1. The van der Waals surface area contributed by atoms with Crippen molar-refractivity contribution in [2.75, 3.05) is 5.75 Å². The largest absolute Gasteiger partial charge is 0.352 e. The molecule has 1 amide bonds. The highest BCUT2D eigenvalue weighted by molar-refractivity contribution is 7.91. The Morgan fingerprint density at radius 1 is 1.08 bits per heavy atom. The first kappa shape index (κ1) is 18.3. The molecule has 2 aromatic heterocycles. The Labute approximate surface area is 156 Å². The van der Waals surface area contributed by atoms with E-state index in [-0.39, 0.29) is 23.0 Å². The van der Waals surface area contributed by atoms with Gasteiger partial charge in [-0.25, -0.2) is 8.42 Å². The molecule has 0 saturated carbocycles. The molecular weight excluding hydrogens is 368 g/mol. The molecule has 134 valence electrons. The van der Waals surface area contributed by atoms with Crippen LogP contribution in [0.3, 0.4) is 0 Å². The number of hydrogen-bond acceptors (Lipinski definition) is 5. The Morgan fingerprint density at radius 2 is 1.88 bits per heavy atom. The zero-order valence-corrected chi connectivity index (χ0v) is 15.6. The van der Waals surface area contributed by atoms with Crippen LogP contribution >= 0.6 is 11.3 Å². The smallest absolute Gasteiger partial charge is 0.221 e. The van der Waals surface area contributed by atoms with Crippen LogP contribution in [0.5, 0.6) is 0 Å². The maximum Gasteiger partial charge on any atom is 0.221 e. The summed E-state index contributed by atoms with van der Waals surface area (Å²) in [7, 11) is -3.44. The number of aromatic nitrogens is 1. The van der Waals surface area contributed by atoms with E-state index in [2.05, 4.69) is 10.3 Å². The van der Waals surface area contributed by atoms with Crippen LogP contribution in [-0.4, -0.2) is 25.1 Å². The molecule has 0 fully saturated rings. The second-order valence-electron chi connectivity index (χ2n) is 5.69. The summed E-state index contributed by atoms with van der Waals surface area (Å²) in [6.07, 6.45) is 1.64. The fourth-order valence-electron chi connectivity index (χ4n) is 2.41. The monoisotopic (exact) mass is 386 g/mol. The van der Waals surface area contributed by atoms with Crippen molar-refractivity contribution in [2.45, 2.75) is 17.9 Å². The predicted octanol–water partition coefficient (Wildman–Crippen LogP) is 3.29. The summed E-state index contributed by atoms with van der Waals surface area (Å²) in [5, 5.41) is 4.75. The Balaban J connectivity index is 1.54. The third-order valence-corrected chi connectivity index (χ3v) is 6.41. The molecule has 5 nitrogen and oxygen atoms in total. The van der Waals surface area contributed by atoms with Gasteiger partial charge in [-0.1, -0.05) is 24.3 Å². The zero-order chi connectivity index (χ0) is 18.4. The summed E-state index contributed by atoms with van der Waals surface area (Å²) >= 11 is 1.60. The van der Waals surface area contributed by atoms with Gasteiger partial charge in [0, 0.05) is 19.2 Å². The van der Waals surface area contributed by atoms with E-state index >= 15 is 0 Å². The molecule has 0 aliphatic carbocycles. The van der Waals surface area contributed by atoms with Gasteiger partial charge < -0.3 is 5.32 Å². The van der Waals surface area contributed by atoms with Crippen molar-refractivity contribution in [2.24, 2.45) is 0 Å². The number of pyridine rings is 1. The standard InChI is InChI=1S/C19H18N2O3S2/c22-19(9-12-26(23,24)16-5-2-1-3-6-16)21-14-15-8-10-20-17(13-15)18-7-4-11-25-18/h1-8,10-11,13H,9,12,14H2,(H,21,22). The van der Waals surface area contributed by atoms with Gasteiger partial charge in [-0.05, 0) is 41.3 Å². The fraction of sp³-hybridized carbons (Fsp3) is 0.158. The van der Waals surface area contributed by atoms with Crippen LogP contribution in [0, 0.1) is 0 Å². The molecule has 0 aliphatic heterocycles. The third kappa shape index (κ3) is 4.77. The van der Waals surface area contributed by atoms with Crippen LogP contribution < -0.4 is 5.32 Å². The molecule has 3 rings (SSSR count). The lowest BCUT2D eigenvalue weighted by atomic mass is 10.2. The molecule has 7 heteroatoms. The molecular formula is C19H18N2O3S2. The molecule has 0 aliphatic rings. The number of nitrogens with one attached hydrogen (secondary N) is 1. The number of sulfone groups is 1.